The molecule has 2 aromatic heterocycles. The van der Waals surface area contributed by atoms with Crippen LogP contribution in [0, 0.1) is 11.6 Å². The molecule has 0 atom stereocenters. The summed E-state index contributed by atoms with van der Waals surface area (Å²) in [5.41, 5.74) is -1.82. The van der Waals surface area contributed by atoms with E-state index in [0.29, 0.717) is 6.07 Å². The monoisotopic (exact) mass is 515 g/mol. The van der Waals surface area contributed by atoms with Crippen molar-refractivity contribution in [1.29, 1.82) is 0 Å². The van der Waals surface area contributed by atoms with Gasteiger partial charge in [0.1, 0.15) is 11.6 Å². The molecule has 2 heterocycles. The van der Waals surface area contributed by atoms with E-state index in [0.717, 1.165) is 16.7 Å². The fourth-order valence-electron chi connectivity index (χ4n) is 4.31. The van der Waals surface area contributed by atoms with Crippen LogP contribution in [0.1, 0.15) is 11.1 Å². The maximum atomic E-state index is 14.6. The number of nitrogens with zero attached hydrogens (tertiary/aromatic N) is 1. The number of furan rings is 1. The lowest BCUT2D eigenvalue weighted by atomic mass is 9.92. The first-order chi connectivity index (χ1) is 17.2. The summed E-state index contributed by atoms with van der Waals surface area (Å²) in [6.07, 6.45) is -3.41. The number of benzene rings is 3. The first kappa shape index (κ1) is 23.8. The quantitative estimate of drug-likeness (QED) is 0.228. The summed E-state index contributed by atoms with van der Waals surface area (Å²) in [6, 6.07) is 15.3. The second-order valence-corrected chi connectivity index (χ2v) is 8.44. The summed E-state index contributed by atoms with van der Waals surface area (Å²) >= 11 is 6.37. The Hall–Kier alpha value is -3.91. The minimum absolute atomic E-state index is 0.000177. The van der Waals surface area contributed by atoms with E-state index in [4.69, 9.17) is 16.0 Å². The Bertz CT molecular complexity index is 1660. The highest BCUT2D eigenvalue weighted by molar-refractivity contribution is 6.36. The highest BCUT2D eigenvalue weighted by atomic mass is 35.5. The molecule has 0 fully saturated rings. The van der Waals surface area contributed by atoms with E-state index < -0.39 is 35.5 Å². The zero-order chi connectivity index (χ0) is 25.6. The number of hydrogen-bond acceptors (Lipinski definition) is 2. The molecule has 0 bridgehead atoms. The first-order valence-corrected chi connectivity index (χ1v) is 11.0. The normalized spacial score (nSPS) is 11.8. The maximum Gasteiger partial charge on any atom is 0.417 e. The Morgan fingerprint density at radius 3 is 2.39 bits per heavy atom. The average Bonchev–Trinajstić information content (AvgIpc) is 3.36. The van der Waals surface area contributed by atoms with Gasteiger partial charge in [-0.25, -0.2) is 8.78 Å². The summed E-state index contributed by atoms with van der Waals surface area (Å²) in [5.74, 6) is -1.64. The Morgan fingerprint density at radius 1 is 0.917 bits per heavy atom. The molecule has 0 N–H and O–H groups in total. The van der Waals surface area contributed by atoms with Gasteiger partial charge in [0.25, 0.3) is 5.56 Å². The molecular formula is C27H15ClF5NO2. The van der Waals surface area contributed by atoms with Gasteiger partial charge in [-0.3, -0.25) is 9.36 Å². The summed E-state index contributed by atoms with van der Waals surface area (Å²) in [6.45, 7) is -0.413. The molecule has 0 aliphatic heterocycles. The SMILES string of the molecule is O=c1c2c(Cl)cccc2c(-c2ccccc2C(F)(F)F)c(-c2ccco2)n1Cc1ccc(F)cc1F. The molecule has 0 aliphatic rings. The molecule has 5 rings (SSSR count). The fourth-order valence-corrected chi connectivity index (χ4v) is 4.57. The molecule has 3 aromatic carbocycles. The molecule has 0 amide bonds. The summed E-state index contributed by atoms with van der Waals surface area (Å²) in [5, 5.41) is 0.151. The molecule has 0 spiro atoms. The van der Waals surface area contributed by atoms with Gasteiger partial charge in [-0.2, -0.15) is 13.2 Å². The molecule has 0 saturated carbocycles. The molecule has 36 heavy (non-hydrogen) atoms. The number of fused-ring (bicyclic) bond motifs is 1. The minimum Gasteiger partial charge on any atom is -0.463 e. The lowest BCUT2D eigenvalue weighted by molar-refractivity contribution is -0.137. The Balaban J connectivity index is 1.97. The Kier molecular flexibility index (Phi) is 5.92. The number of pyridine rings is 1. The van der Waals surface area contributed by atoms with Crippen LogP contribution in [0.15, 0.2) is 88.3 Å². The summed E-state index contributed by atoms with van der Waals surface area (Å²) < 4.78 is 77.1. The Labute approximate surface area is 206 Å². The standard InChI is InChI=1S/C27H15ClF5NO2/c28-20-8-3-6-18-23(17-5-1-2-7-19(17)27(31,32)33)25(22-9-4-12-36-22)34(26(35)24(18)20)14-15-10-11-16(29)13-21(15)30/h1-13H,14H2. The fraction of sp³-hybridized carbons (Fsp3) is 0.0741. The van der Waals surface area contributed by atoms with Crippen LogP contribution in [0.5, 0.6) is 0 Å². The zero-order valence-corrected chi connectivity index (χ0v) is 19.0. The maximum absolute atomic E-state index is 14.6. The molecule has 0 saturated heterocycles. The second kappa shape index (κ2) is 8.95. The van der Waals surface area contributed by atoms with Gasteiger partial charge in [-0.15, -0.1) is 0 Å². The van der Waals surface area contributed by atoms with Crippen molar-refractivity contribution >= 4 is 22.4 Å². The molecule has 9 heteroatoms. The van der Waals surface area contributed by atoms with Crippen LogP contribution in [0.4, 0.5) is 22.0 Å². The predicted molar refractivity (Wildman–Crippen MR) is 127 cm³/mol. The molecule has 0 unspecified atom stereocenters. The zero-order valence-electron chi connectivity index (χ0n) is 18.2. The second-order valence-electron chi connectivity index (χ2n) is 8.03. The van der Waals surface area contributed by atoms with Crippen LogP contribution in [0.2, 0.25) is 5.02 Å². The van der Waals surface area contributed by atoms with Crippen molar-refractivity contribution in [3.05, 3.63) is 117 Å². The predicted octanol–water partition coefficient (Wildman–Crippen LogP) is 7.93. The van der Waals surface area contributed by atoms with Crippen LogP contribution < -0.4 is 5.56 Å². The van der Waals surface area contributed by atoms with E-state index >= 15 is 0 Å². The highest BCUT2D eigenvalue weighted by Crippen LogP contribution is 2.44. The summed E-state index contributed by atoms with van der Waals surface area (Å²) in [4.78, 5) is 13.7. The molecule has 0 radical (unpaired) electrons. The van der Waals surface area contributed by atoms with Crippen LogP contribution in [-0.4, -0.2) is 4.57 Å². The minimum atomic E-state index is -4.72. The number of alkyl halides is 3. The van der Waals surface area contributed by atoms with Crippen LogP contribution in [-0.2, 0) is 12.7 Å². The highest BCUT2D eigenvalue weighted by Gasteiger charge is 2.35. The van der Waals surface area contributed by atoms with Crippen molar-refractivity contribution in [2.24, 2.45) is 0 Å². The van der Waals surface area contributed by atoms with E-state index in [-0.39, 0.29) is 43.9 Å². The lowest BCUT2D eigenvalue weighted by Gasteiger charge is -2.22. The number of aromatic nitrogens is 1. The van der Waals surface area contributed by atoms with Crippen molar-refractivity contribution in [3.63, 3.8) is 0 Å². The number of hydrogen-bond donors (Lipinski definition) is 0. The average molecular weight is 516 g/mol. The van der Waals surface area contributed by atoms with Crippen molar-refractivity contribution in [1.82, 2.24) is 4.57 Å². The van der Waals surface area contributed by atoms with Crippen LogP contribution >= 0.6 is 11.6 Å². The van der Waals surface area contributed by atoms with E-state index in [1.165, 1.54) is 60.9 Å². The van der Waals surface area contributed by atoms with Crippen LogP contribution in [0.25, 0.3) is 33.4 Å². The van der Waals surface area contributed by atoms with Gasteiger partial charge < -0.3 is 4.42 Å². The van der Waals surface area contributed by atoms with Gasteiger partial charge in [0.2, 0.25) is 0 Å². The van der Waals surface area contributed by atoms with Gasteiger partial charge in [-0.1, -0.05) is 48.0 Å². The Morgan fingerprint density at radius 2 is 1.69 bits per heavy atom. The summed E-state index contributed by atoms with van der Waals surface area (Å²) in [7, 11) is 0. The van der Waals surface area contributed by atoms with Gasteiger partial charge in [0, 0.05) is 17.2 Å². The number of halogens is 6. The van der Waals surface area contributed by atoms with E-state index in [1.807, 2.05) is 0 Å². The van der Waals surface area contributed by atoms with Crippen molar-refractivity contribution in [2.75, 3.05) is 0 Å². The van der Waals surface area contributed by atoms with Crippen LogP contribution in [0.3, 0.4) is 0 Å². The van der Waals surface area contributed by atoms with E-state index in [9.17, 15) is 26.7 Å². The first-order valence-electron chi connectivity index (χ1n) is 10.7. The van der Waals surface area contributed by atoms with Gasteiger partial charge >= 0.3 is 6.18 Å². The third-order valence-corrected chi connectivity index (χ3v) is 6.16. The largest absolute Gasteiger partial charge is 0.463 e. The molecule has 0 aliphatic carbocycles. The van der Waals surface area contributed by atoms with E-state index in [1.54, 1.807) is 0 Å². The smallest absolute Gasteiger partial charge is 0.417 e. The van der Waals surface area contributed by atoms with Gasteiger partial charge in [0.05, 0.1) is 34.5 Å². The molecule has 3 nitrogen and oxygen atoms in total. The van der Waals surface area contributed by atoms with Crippen molar-refractivity contribution in [2.45, 2.75) is 12.7 Å². The third-order valence-electron chi connectivity index (χ3n) is 5.85. The van der Waals surface area contributed by atoms with Crippen molar-refractivity contribution < 1.29 is 26.4 Å². The molecule has 182 valence electrons. The molecule has 5 aromatic rings. The topological polar surface area (TPSA) is 35.1 Å². The number of rotatable bonds is 4. The van der Waals surface area contributed by atoms with Gasteiger partial charge in [0.15, 0.2) is 5.76 Å². The van der Waals surface area contributed by atoms with Crippen molar-refractivity contribution in [3.8, 4) is 22.6 Å². The van der Waals surface area contributed by atoms with E-state index in [2.05, 4.69) is 0 Å². The third kappa shape index (κ3) is 4.07. The van der Waals surface area contributed by atoms with Gasteiger partial charge in [-0.05, 0) is 41.3 Å². The molecular weight excluding hydrogens is 501 g/mol. The lowest BCUT2D eigenvalue weighted by Crippen LogP contribution is -2.25.